The maximum Gasteiger partial charge on any atom is 0.328 e. The van der Waals surface area contributed by atoms with Crippen LogP contribution in [-0.2, 0) is 23.9 Å². The minimum atomic E-state index is -0.698. The summed E-state index contributed by atoms with van der Waals surface area (Å²) in [6.45, 7) is 10.7. The lowest BCUT2D eigenvalue weighted by atomic mass is 10.0. The molecule has 0 aliphatic carbocycles. The number of amides is 1. The van der Waals surface area contributed by atoms with Gasteiger partial charge in [0.05, 0.1) is 12.1 Å². The molecule has 3 N–H and O–H groups in total. The predicted molar refractivity (Wildman–Crippen MR) is 120 cm³/mol. The minimum absolute atomic E-state index is 0.00680. The highest BCUT2D eigenvalue weighted by Gasteiger charge is 2.28. The molecule has 180 valence electrons. The first-order valence-corrected chi connectivity index (χ1v) is 10.4. The van der Waals surface area contributed by atoms with Crippen LogP contribution in [0.5, 0.6) is 5.75 Å². The number of aldehydes is 1. The number of nitrogens with two attached hydrogens (primary N) is 1. The van der Waals surface area contributed by atoms with Gasteiger partial charge in [-0.2, -0.15) is 0 Å². The standard InChI is InChI=1S/C14H28N2O4.C9H8O3/c1-8(2)11(15)13(17)16-12(9(3)4)14(18)20-7-10(5)19-6;1-7(11)12-9-4-2-8(6-10)3-5-9/h8-12H,7,15H2,1-6H3,(H,16,17);2-6H,1H3. The topological polar surface area (TPSA) is 134 Å². The molecule has 0 aliphatic rings. The normalized spacial score (nSPS) is 13.3. The summed E-state index contributed by atoms with van der Waals surface area (Å²) >= 11 is 0. The van der Waals surface area contributed by atoms with Gasteiger partial charge in [-0.25, -0.2) is 4.79 Å². The first-order valence-electron chi connectivity index (χ1n) is 10.4. The van der Waals surface area contributed by atoms with E-state index in [-0.39, 0.29) is 36.4 Å². The van der Waals surface area contributed by atoms with Crippen molar-refractivity contribution in [3.8, 4) is 5.75 Å². The number of methoxy groups -OCH3 is 1. The first-order chi connectivity index (χ1) is 14.9. The number of nitrogens with one attached hydrogen (secondary N) is 1. The third-order valence-corrected chi connectivity index (χ3v) is 4.38. The number of benzene rings is 1. The van der Waals surface area contributed by atoms with E-state index < -0.39 is 18.1 Å². The Kier molecular flexibility index (Phi) is 13.8. The molecule has 1 aromatic rings. The second-order valence-corrected chi connectivity index (χ2v) is 7.96. The fourth-order valence-corrected chi connectivity index (χ4v) is 2.19. The fraction of sp³-hybridized carbons (Fsp3) is 0.565. The highest BCUT2D eigenvalue weighted by Crippen LogP contribution is 2.11. The van der Waals surface area contributed by atoms with Gasteiger partial charge in [0.15, 0.2) is 0 Å². The van der Waals surface area contributed by atoms with Gasteiger partial charge in [-0.05, 0) is 43.0 Å². The lowest BCUT2D eigenvalue weighted by Gasteiger charge is -2.24. The lowest BCUT2D eigenvalue weighted by Crippen LogP contribution is -2.52. The molecule has 0 bridgehead atoms. The summed E-state index contributed by atoms with van der Waals surface area (Å²) < 4.78 is 14.9. The first kappa shape index (κ1) is 29.2. The van der Waals surface area contributed by atoms with Crippen LogP contribution in [0.4, 0.5) is 0 Å². The van der Waals surface area contributed by atoms with Crippen molar-refractivity contribution >= 4 is 24.1 Å². The Morgan fingerprint density at radius 2 is 1.59 bits per heavy atom. The molecule has 3 atom stereocenters. The van der Waals surface area contributed by atoms with Gasteiger partial charge in [-0.3, -0.25) is 14.4 Å². The molecule has 1 aromatic carbocycles. The minimum Gasteiger partial charge on any atom is -0.461 e. The van der Waals surface area contributed by atoms with Crippen molar-refractivity contribution in [1.29, 1.82) is 0 Å². The Morgan fingerprint density at radius 3 is 2.00 bits per heavy atom. The fourth-order valence-electron chi connectivity index (χ4n) is 2.19. The number of hydrogen-bond acceptors (Lipinski definition) is 8. The Balaban J connectivity index is 0.000000677. The summed E-state index contributed by atoms with van der Waals surface area (Å²) in [6.07, 6.45) is 0.553. The zero-order valence-corrected chi connectivity index (χ0v) is 19.9. The maximum atomic E-state index is 12.0. The van der Waals surface area contributed by atoms with E-state index in [1.165, 1.54) is 6.92 Å². The number of ether oxygens (including phenoxy) is 3. The zero-order valence-electron chi connectivity index (χ0n) is 19.9. The van der Waals surface area contributed by atoms with Crippen LogP contribution in [0.3, 0.4) is 0 Å². The molecule has 0 saturated heterocycles. The van der Waals surface area contributed by atoms with Gasteiger partial charge in [-0.1, -0.05) is 27.7 Å². The molecule has 0 spiro atoms. The molecule has 32 heavy (non-hydrogen) atoms. The summed E-state index contributed by atoms with van der Waals surface area (Å²) in [5, 5.41) is 2.66. The molecule has 0 saturated carbocycles. The number of carbonyl (C=O) groups excluding carboxylic acids is 4. The quantitative estimate of drug-likeness (QED) is 0.313. The summed E-state index contributed by atoms with van der Waals surface area (Å²) in [4.78, 5) is 44.6. The van der Waals surface area contributed by atoms with Crippen molar-refractivity contribution in [2.75, 3.05) is 13.7 Å². The highest BCUT2D eigenvalue weighted by molar-refractivity contribution is 5.87. The largest absolute Gasteiger partial charge is 0.461 e. The number of hydrogen-bond donors (Lipinski definition) is 2. The van der Waals surface area contributed by atoms with Crippen LogP contribution < -0.4 is 15.8 Å². The third-order valence-electron chi connectivity index (χ3n) is 4.38. The predicted octanol–water partition coefficient (Wildman–Crippen LogP) is 2.11. The average Bonchev–Trinajstić information content (AvgIpc) is 2.74. The van der Waals surface area contributed by atoms with Crippen LogP contribution in [0.25, 0.3) is 0 Å². The number of esters is 2. The van der Waals surface area contributed by atoms with Gasteiger partial charge in [0.1, 0.15) is 24.7 Å². The van der Waals surface area contributed by atoms with Crippen LogP contribution in [0.1, 0.15) is 51.9 Å². The van der Waals surface area contributed by atoms with Crippen LogP contribution in [0, 0.1) is 11.8 Å². The van der Waals surface area contributed by atoms with Crippen molar-refractivity contribution in [2.24, 2.45) is 17.6 Å². The third kappa shape index (κ3) is 11.6. The van der Waals surface area contributed by atoms with E-state index in [1.54, 1.807) is 38.3 Å². The van der Waals surface area contributed by atoms with Crippen LogP contribution >= 0.6 is 0 Å². The van der Waals surface area contributed by atoms with Crippen molar-refractivity contribution in [3.05, 3.63) is 29.8 Å². The molecular weight excluding hydrogens is 416 g/mol. The average molecular weight is 453 g/mol. The zero-order chi connectivity index (χ0) is 24.8. The van der Waals surface area contributed by atoms with Gasteiger partial charge in [0.2, 0.25) is 5.91 Å². The van der Waals surface area contributed by atoms with Crippen molar-refractivity contribution in [2.45, 2.75) is 59.7 Å². The van der Waals surface area contributed by atoms with Crippen molar-refractivity contribution in [1.82, 2.24) is 5.32 Å². The SMILES string of the molecule is CC(=O)Oc1ccc(C=O)cc1.COC(C)COC(=O)C(NC(=O)C(N)C(C)C)C(C)C. The molecule has 0 radical (unpaired) electrons. The summed E-state index contributed by atoms with van der Waals surface area (Å²) in [5.41, 5.74) is 6.33. The second-order valence-electron chi connectivity index (χ2n) is 7.96. The Morgan fingerprint density at radius 1 is 1.03 bits per heavy atom. The monoisotopic (exact) mass is 452 g/mol. The van der Waals surface area contributed by atoms with Gasteiger partial charge in [-0.15, -0.1) is 0 Å². The van der Waals surface area contributed by atoms with Gasteiger partial charge < -0.3 is 25.3 Å². The van der Waals surface area contributed by atoms with E-state index in [4.69, 9.17) is 19.9 Å². The molecule has 0 aliphatic heterocycles. The van der Waals surface area contributed by atoms with E-state index in [2.05, 4.69) is 5.32 Å². The van der Waals surface area contributed by atoms with Gasteiger partial charge in [0, 0.05) is 19.6 Å². The maximum absolute atomic E-state index is 12.0. The molecule has 1 amide bonds. The molecular formula is C23H36N2O7. The van der Waals surface area contributed by atoms with Crippen molar-refractivity contribution in [3.63, 3.8) is 0 Å². The van der Waals surface area contributed by atoms with E-state index >= 15 is 0 Å². The van der Waals surface area contributed by atoms with Crippen LogP contribution in [-0.4, -0.2) is 56.0 Å². The molecule has 9 heteroatoms. The van der Waals surface area contributed by atoms with E-state index in [0.717, 1.165) is 6.29 Å². The Labute approximate surface area is 190 Å². The molecule has 0 heterocycles. The molecule has 9 nitrogen and oxygen atoms in total. The van der Waals surface area contributed by atoms with Crippen LogP contribution in [0.2, 0.25) is 0 Å². The Hall–Kier alpha value is -2.78. The lowest BCUT2D eigenvalue weighted by molar-refractivity contribution is -0.152. The summed E-state index contributed by atoms with van der Waals surface area (Å²) in [6, 6.07) is 4.99. The van der Waals surface area contributed by atoms with Gasteiger partial charge in [0.25, 0.3) is 0 Å². The number of rotatable bonds is 10. The summed E-state index contributed by atoms with van der Waals surface area (Å²) in [5.74, 6) is -0.790. The van der Waals surface area contributed by atoms with E-state index in [9.17, 15) is 19.2 Å². The Bertz CT molecular complexity index is 732. The van der Waals surface area contributed by atoms with E-state index in [1.807, 2.05) is 27.7 Å². The highest BCUT2D eigenvalue weighted by atomic mass is 16.6. The van der Waals surface area contributed by atoms with Crippen LogP contribution in [0.15, 0.2) is 24.3 Å². The second kappa shape index (κ2) is 15.1. The number of carbonyl (C=O) groups is 4. The van der Waals surface area contributed by atoms with Gasteiger partial charge >= 0.3 is 11.9 Å². The molecule has 0 aromatic heterocycles. The molecule has 0 fully saturated rings. The summed E-state index contributed by atoms with van der Waals surface area (Å²) in [7, 11) is 1.54. The molecule has 3 unspecified atom stereocenters. The van der Waals surface area contributed by atoms with Crippen molar-refractivity contribution < 1.29 is 33.4 Å². The molecule has 1 rings (SSSR count). The smallest absolute Gasteiger partial charge is 0.328 e. The van der Waals surface area contributed by atoms with E-state index in [0.29, 0.717) is 11.3 Å².